The summed E-state index contributed by atoms with van der Waals surface area (Å²) < 4.78 is 7.63. The van der Waals surface area contributed by atoms with Crippen molar-refractivity contribution in [3.05, 3.63) is 78.4 Å². The third kappa shape index (κ3) is 4.26. The van der Waals surface area contributed by atoms with Gasteiger partial charge in [0.05, 0.1) is 12.7 Å². The van der Waals surface area contributed by atoms with Gasteiger partial charge < -0.3 is 14.2 Å². The maximum Gasteiger partial charge on any atom is 0.232 e. The molecule has 128 valence electrons. The number of likely N-dealkylation sites (N-methyl/N-ethyl adjacent to an activating group) is 1. The van der Waals surface area contributed by atoms with Crippen LogP contribution in [-0.4, -0.2) is 22.5 Å². The van der Waals surface area contributed by atoms with Gasteiger partial charge in [0.1, 0.15) is 12.4 Å². The minimum atomic E-state index is 0.0153. The zero-order valence-electron chi connectivity index (χ0n) is 14.4. The van der Waals surface area contributed by atoms with Crippen molar-refractivity contribution in [2.24, 2.45) is 7.05 Å². The minimum Gasteiger partial charge on any atom is -0.489 e. The van der Waals surface area contributed by atoms with Crippen LogP contribution in [0.1, 0.15) is 11.3 Å². The number of amides is 1. The number of benzene rings is 2. The summed E-state index contributed by atoms with van der Waals surface area (Å²) in [6, 6.07) is 17.6. The van der Waals surface area contributed by atoms with E-state index in [0.29, 0.717) is 13.0 Å². The molecule has 0 aliphatic rings. The number of nitrogens with zero attached hydrogens (tertiary/aromatic N) is 3. The molecule has 0 atom stereocenters. The lowest BCUT2D eigenvalue weighted by Crippen LogP contribution is -2.28. The molecule has 5 nitrogen and oxygen atoms in total. The van der Waals surface area contributed by atoms with E-state index in [1.165, 1.54) is 0 Å². The van der Waals surface area contributed by atoms with E-state index in [-0.39, 0.29) is 5.91 Å². The Morgan fingerprint density at radius 2 is 1.84 bits per heavy atom. The molecular weight excluding hydrogens is 314 g/mol. The molecule has 0 fully saturated rings. The molecule has 2 aromatic carbocycles. The lowest BCUT2D eigenvalue weighted by Gasteiger charge is -2.18. The molecule has 1 heterocycles. The molecule has 0 bridgehead atoms. The van der Waals surface area contributed by atoms with Gasteiger partial charge in [0.15, 0.2) is 0 Å². The molecule has 0 radical (unpaired) electrons. The number of carbonyl (C=O) groups is 1. The smallest absolute Gasteiger partial charge is 0.232 e. The number of imidazole rings is 1. The van der Waals surface area contributed by atoms with Crippen molar-refractivity contribution in [1.82, 2.24) is 9.55 Å². The molecule has 25 heavy (non-hydrogen) atoms. The first-order chi connectivity index (χ1) is 12.1. The Morgan fingerprint density at radius 1 is 1.12 bits per heavy atom. The molecular formula is C20H21N3O2. The molecule has 0 saturated carbocycles. The first-order valence-electron chi connectivity index (χ1n) is 8.12. The van der Waals surface area contributed by atoms with Crippen molar-refractivity contribution in [1.29, 1.82) is 0 Å². The van der Waals surface area contributed by atoms with E-state index >= 15 is 0 Å². The summed E-state index contributed by atoms with van der Waals surface area (Å²) in [6.07, 6.45) is 3.73. The van der Waals surface area contributed by atoms with Gasteiger partial charge in [-0.15, -0.1) is 0 Å². The molecule has 0 saturated heterocycles. The number of anilines is 1. The Balaban J connectivity index is 1.59. The number of ether oxygens (including phenoxy) is 1. The summed E-state index contributed by atoms with van der Waals surface area (Å²) in [5.74, 6) is 0.793. The fourth-order valence-corrected chi connectivity index (χ4v) is 2.48. The lowest BCUT2D eigenvalue weighted by molar-refractivity contribution is -0.117. The van der Waals surface area contributed by atoms with Gasteiger partial charge in [-0.3, -0.25) is 4.79 Å². The second kappa shape index (κ2) is 7.66. The molecule has 3 aromatic rings. The van der Waals surface area contributed by atoms with E-state index in [1.807, 2.05) is 66.2 Å². The van der Waals surface area contributed by atoms with E-state index < -0.39 is 0 Å². The summed E-state index contributed by atoms with van der Waals surface area (Å²) in [5.41, 5.74) is 2.84. The molecule has 1 amide bonds. The maximum absolute atomic E-state index is 12.4. The summed E-state index contributed by atoms with van der Waals surface area (Å²) in [6.45, 7) is 0.523. The second-order valence-electron chi connectivity index (χ2n) is 5.89. The Hall–Kier alpha value is -3.08. The van der Waals surface area contributed by atoms with E-state index in [1.54, 1.807) is 24.5 Å². The van der Waals surface area contributed by atoms with Crippen LogP contribution >= 0.6 is 0 Å². The van der Waals surface area contributed by atoms with Crippen LogP contribution < -0.4 is 9.64 Å². The molecule has 5 heteroatoms. The maximum atomic E-state index is 12.4. The van der Waals surface area contributed by atoms with Crippen LogP contribution in [0.5, 0.6) is 5.75 Å². The van der Waals surface area contributed by atoms with E-state index in [0.717, 1.165) is 22.7 Å². The van der Waals surface area contributed by atoms with Gasteiger partial charge in [0.2, 0.25) is 5.91 Å². The zero-order valence-corrected chi connectivity index (χ0v) is 14.4. The van der Waals surface area contributed by atoms with E-state index in [4.69, 9.17) is 4.74 Å². The molecule has 3 rings (SSSR count). The van der Waals surface area contributed by atoms with Crippen LogP contribution in [0.3, 0.4) is 0 Å². The summed E-state index contributed by atoms with van der Waals surface area (Å²) in [5, 5.41) is 0. The summed E-state index contributed by atoms with van der Waals surface area (Å²) in [4.78, 5) is 18.1. The largest absolute Gasteiger partial charge is 0.489 e. The van der Waals surface area contributed by atoms with E-state index in [2.05, 4.69) is 4.98 Å². The van der Waals surface area contributed by atoms with Crippen LogP contribution in [-0.2, 0) is 24.9 Å². The van der Waals surface area contributed by atoms with Gasteiger partial charge in [-0.1, -0.05) is 30.3 Å². The highest BCUT2D eigenvalue weighted by Gasteiger charge is 2.13. The van der Waals surface area contributed by atoms with Crippen LogP contribution in [0, 0.1) is 0 Å². The second-order valence-corrected chi connectivity index (χ2v) is 5.89. The molecule has 0 aliphatic heterocycles. The van der Waals surface area contributed by atoms with Gasteiger partial charge >= 0.3 is 0 Å². The van der Waals surface area contributed by atoms with Crippen LogP contribution in [0.2, 0.25) is 0 Å². The fraction of sp³-hybridized carbons (Fsp3) is 0.200. The lowest BCUT2D eigenvalue weighted by atomic mass is 10.2. The predicted octanol–water partition coefficient (Wildman–Crippen LogP) is 3.20. The van der Waals surface area contributed by atoms with Crippen LogP contribution in [0.25, 0.3) is 0 Å². The van der Waals surface area contributed by atoms with Gasteiger partial charge in [-0.25, -0.2) is 4.98 Å². The van der Waals surface area contributed by atoms with Crippen molar-refractivity contribution < 1.29 is 9.53 Å². The average molecular weight is 335 g/mol. The Bertz CT molecular complexity index is 826. The van der Waals surface area contributed by atoms with Gasteiger partial charge in [0.25, 0.3) is 0 Å². The molecule has 0 aliphatic carbocycles. The van der Waals surface area contributed by atoms with Crippen molar-refractivity contribution in [3.63, 3.8) is 0 Å². The van der Waals surface area contributed by atoms with Gasteiger partial charge in [-0.2, -0.15) is 0 Å². The Labute approximate surface area is 147 Å². The molecule has 1 aromatic heterocycles. The molecule has 0 unspecified atom stereocenters. The number of hydrogen-bond acceptors (Lipinski definition) is 3. The highest BCUT2D eigenvalue weighted by molar-refractivity contribution is 5.94. The van der Waals surface area contributed by atoms with Crippen molar-refractivity contribution in [3.8, 4) is 5.75 Å². The number of aromatic nitrogens is 2. The number of hydrogen-bond donors (Lipinski definition) is 0. The third-order valence-electron chi connectivity index (χ3n) is 4.10. The van der Waals surface area contributed by atoms with Crippen molar-refractivity contribution >= 4 is 11.6 Å². The number of carbonyl (C=O) groups excluding carboxylic acids is 1. The third-order valence-corrected chi connectivity index (χ3v) is 4.10. The first-order valence-corrected chi connectivity index (χ1v) is 8.12. The Kier molecular flexibility index (Phi) is 5.14. The van der Waals surface area contributed by atoms with Crippen molar-refractivity contribution in [2.45, 2.75) is 13.0 Å². The molecule has 0 spiro atoms. The Morgan fingerprint density at radius 3 is 2.48 bits per heavy atom. The van der Waals surface area contributed by atoms with Gasteiger partial charge in [0, 0.05) is 31.7 Å². The van der Waals surface area contributed by atoms with E-state index in [9.17, 15) is 4.79 Å². The normalized spacial score (nSPS) is 10.5. The van der Waals surface area contributed by atoms with Crippen LogP contribution in [0.15, 0.2) is 67.1 Å². The highest BCUT2D eigenvalue weighted by atomic mass is 16.5. The van der Waals surface area contributed by atoms with Crippen molar-refractivity contribution in [2.75, 3.05) is 11.9 Å². The first kappa shape index (κ1) is 16.8. The predicted molar refractivity (Wildman–Crippen MR) is 97.5 cm³/mol. The zero-order chi connectivity index (χ0) is 17.6. The summed E-state index contributed by atoms with van der Waals surface area (Å²) in [7, 11) is 3.66. The standard InChI is InChI=1S/C20H21N3O2/c1-22-15-21-13-18(22)12-20(24)23(2)17-8-10-19(11-9-17)25-14-16-6-4-3-5-7-16/h3-11,13,15H,12,14H2,1-2H3. The number of rotatable bonds is 6. The fourth-order valence-electron chi connectivity index (χ4n) is 2.48. The topological polar surface area (TPSA) is 47.4 Å². The number of aryl methyl sites for hydroxylation is 1. The monoisotopic (exact) mass is 335 g/mol. The molecule has 0 N–H and O–H groups in total. The van der Waals surface area contributed by atoms with Gasteiger partial charge in [-0.05, 0) is 29.8 Å². The summed E-state index contributed by atoms with van der Waals surface area (Å²) >= 11 is 0. The van der Waals surface area contributed by atoms with Crippen LogP contribution in [0.4, 0.5) is 5.69 Å². The quantitative estimate of drug-likeness (QED) is 0.695. The highest BCUT2D eigenvalue weighted by Crippen LogP contribution is 2.20. The average Bonchev–Trinajstić information content (AvgIpc) is 3.05. The SMILES string of the molecule is CN(C(=O)Cc1cncn1C)c1ccc(OCc2ccccc2)cc1. The minimum absolute atomic E-state index is 0.0153.